The lowest BCUT2D eigenvalue weighted by Gasteiger charge is -2.15. The molecule has 0 spiro atoms. The summed E-state index contributed by atoms with van der Waals surface area (Å²) in [5.74, 6) is 0. The van der Waals surface area contributed by atoms with Crippen molar-refractivity contribution in [3.05, 3.63) is 35.4 Å². The van der Waals surface area contributed by atoms with Gasteiger partial charge in [-0.15, -0.1) is 11.6 Å². The second-order valence-electron chi connectivity index (χ2n) is 3.41. The van der Waals surface area contributed by atoms with Crippen LogP contribution in [0.3, 0.4) is 0 Å². The molecule has 0 heterocycles. The first-order valence-electron chi connectivity index (χ1n) is 4.48. The van der Waals surface area contributed by atoms with Crippen molar-refractivity contribution >= 4 is 30.3 Å². The van der Waals surface area contributed by atoms with Crippen LogP contribution >= 0.6 is 11.6 Å². The summed E-state index contributed by atoms with van der Waals surface area (Å²) >= 11 is 5.96. The summed E-state index contributed by atoms with van der Waals surface area (Å²) in [6, 6.07) is 5.38. The Bertz CT molecular complexity index is 376. The highest BCUT2D eigenvalue weighted by molar-refractivity contribution is 6.58. The molecule has 0 radical (unpaired) electrons. The van der Waals surface area contributed by atoms with E-state index in [-0.39, 0.29) is 5.38 Å². The number of allylic oxidation sites excluding steroid dienone is 1. The molecule has 1 aliphatic rings. The fraction of sp³-hybridized carbons (Fsp3) is 0.200. The smallest absolute Gasteiger partial charge is 0.423 e. The number of benzene rings is 1. The quantitative estimate of drug-likeness (QED) is 0.522. The maximum Gasteiger partial charge on any atom is 0.488 e. The van der Waals surface area contributed by atoms with E-state index in [9.17, 15) is 0 Å². The fourth-order valence-corrected chi connectivity index (χ4v) is 1.84. The van der Waals surface area contributed by atoms with Gasteiger partial charge in [0, 0.05) is 0 Å². The highest BCUT2D eigenvalue weighted by Gasteiger charge is 2.15. The molecular weight excluding hydrogens is 198 g/mol. The number of alkyl halides is 1. The maximum atomic E-state index is 8.98. The predicted octanol–water partition coefficient (Wildman–Crippen LogP) is 0.543. The number of rotatable bonds is 1. The predicted molar refractivity (Wildman–Crippen MR) is 58.6 cm³/mol. The molecule has 72 valence electrons. The molecule has 0 saturated carbocycles. The third kappa shape index (κ3) is 1.85. The van der Waals surface area contributed by atoms with Gasteiger partial charge in [0.1, 0.15) is 0 Å². The van der Waals surface area contributed by atoms with Crippen LogP contribution in [0.4, 0.5) is 0 Å². The monoisotopic (exact) mass is 208 g/mol. The van der Waals surface area contributed by atoms with Crippen LogP contribution in [-0.4, -0.2) is 22.5 Å². The van der Waals surface area contributed by atoms with Crippen molar-refractivity contribution in [2.24, 2.45) is 0 Å². The molecule has 2 nitrogen and oxygen atoms in total. The molecule has 14 heavy (non-hydrogen) atoms. The minimum absolute atomic E-state index is 0.0485. The Hall–Kier alpha value is -0.765. The summed E-state index contributed by atoms with van der Waals surface area (Å²) in [5, 5.41) is 18.0. The summed E-state index contributed by atoms with van der Waals surface area (Å²) < 4.78 is 0. The SMILES string of the molecule is OB(O)c1ccc2c(c1)C=CC(Cl)C2. The van der Waals surface area contributed by atoms with Crippen molar-refractivity contribution in [2.45, 2.75) is 11.8 Å². The Labute approximate surface area is 88.0 Å². The normalized spacial score (nSPS) is 19.2. The first-order chi connectivity index (χ1) is 6.66. The third-order valence-electron chi connectivity index (χ3n) is 2.37. The topological polar surface area (TPSA) is 40.5 Å². The standard InChI is InChI=1S/C10H10BClO2/c12-10-4-2-7-5-9(11(13)14)3-1-8(7)6-10/h1-5,10,13-14H,6H2. The first-order valence-corrected chi connectivity index (χ1v) is 4.91. The average Bonchev–Trinajstić information content (AvgIpc) is 2.16. The lowest BCUT2D eigenvalue weighted by Crippen LogP contribution is -2.30. The second-order valence-corrected chi connectivity index (χ2v) is 3.97. The average molecular weight is 208 g/mol. The lowest BCUT2D eigenvalue weighted by atomic mass is 9.78. The zero-order chi connectivity index (χ0) is 10.1. The van der Waals surface area contributed by atoms with E-state index in [0.717, 1.165) is 17.5 Å². The van der Waals surface area contributed by atoms with E-state index < -0.39 is 7.12 Å². The third-order valence-corrected chi connectivity index (χ3v) is 2.67. The van der Waals surface area contributed by atoms with Crippen molar-refractivity contribution in [2.75, 3.05) is 0 Å². The van der Waals surface area contributed by atoms with Gasteiger partial charge in [-0.3, -0.25) is 0 Å². The van der Waals surface area contributed by atoms with Crippen LogP contribution in [0, 0.1) is 0 Å². The van der Waals surface area contributed by atoms with Crippen molar-refractivity contribution < 1.29 is 10.0 Å². The van der Waals surface area contributed by atoms with Crippen molar-refractivity contribution in [3.63, 3.8) is 0 Å². The van der Waals surface area contributed by atoms with Gasteiger partial charge in [-0.05, 0) is 23.0 Å². The Kier molecular flexibility index (Phi) is 2.63. The summed E-state index contributed by atoms with van der Waals surface area (Å²) in [6.45, 7) is 0. The minimum atomic E-state index is -1.40. The van der Waals surface area contributed by atoms with E-state index in [2.05, 4.69) is 0 Å². The molecule has 0 aliphatic heterocycles. The molecule has 1 atom stereocenters. The van der Waals surface area contributed by atoms with E-state index >= 15 is 0 Å². The van der Waals surface area contributed by atoms with E-state index in [1.807, 2.05) is 18.2 Å². The summed E-state index contributed by atoms with van der Waals surface area (Å²) in [7, 11) is -1.40. The molecular formula is C10H10BClO2. The molecule has 0 saturated heterocycles. The highest BCUT2D eigenvalue weighted by atomic mass is 35.5. The molecule has 1 aliphatic carbocycles. The molecule has 0 fully saturated rings. The molecule has 2 rings (SSSR count). The molecule has 0 amide bonds. The Morgan fingerprint density at radius 2 is 2.14 bits per heavy atom. The summed E-state index contributed by atoms with van der Waals surface area (Å²) in [4.78, 5) is 0. The Morgan fingerprint density at radius 1 is 1.36 bits per heavy atom. The summed E-state index contributed by atoms with van der Waals surface area (Å²) in [5.41, 5.74) is 2.69. The Balaban J connectivity index is 2.39. The van der Waals surface area contributed by atoms with Gasteiger partial charge in [-0.25, -0.2) is 0 Å². The van der Waals surface area contributed by atoms with Gasteiger partial charge in [0.05, 0.1) is 5.38 Å². The van der Waals surface area contributed by atoms with E-state index in [1.54, 1.807) is 12.1 Å². The van der Waals surface area contributed by atoms with Crippen LogP contribution in [0.5, 0.6) is 0 Å². The van der Waals surface area contributed by atoms with Gasteiger partial charge in [0.15, 0.2) is 0 Å². The van der Waals surface area contributed by atoms with Gasteiger partial charge >= 0.3 is 7.12 Å². The van der Waals surface area contributed by atoms with Crippen LogP contribution in [0.25, 0.3) is 6.08 Å². The van der Waals surface area contributed by atoms with E-state index in [1.165, 1.54) is 0 Å². The molecule has 2 N–H and O–H groups in total. The molecule has 1 aromatic rings. The molecule has 1 unspecified atom stereocenters. The van der Waals surface area contributed by atoms with Gasteiger partial charge in [-0.2, -0.15) is 0 Å². The van der Waals surface area contributed by atoms with Crippen LogP contribution in [0.2, 0.25) is 0 Å². The molecule has 4 heteroatoms. The van der Waals surface area contributed by atoms with E-state index in [0.29, 0.717) is 5.46 Å². The van der Waals surface area contributed by atoms with Crippen LogP contribution in [0.15, 0.2) is 24.3 Å². The fourth-order valence-electron chi connectivity index (χ4n) is 1.60. The van der Waals surface area contributed by atoms with Gasteiger partial charge in [-0.1, -0.05) is 30.4 Å². The number of halogens is 1. The minimum Gasteiger partial charge on any atom is -0.423 e. The first kappa shape index (κ1) is 9.78. The van der Waals surface area contributed by atoms with Crippen LogP contribution in [0.1, 0.15) is 11.1 Å². The van der Waals surface area contributed by atoms with Gasteiger partial charge < -0.3 is 10.0 Å². The zero-order valence-electron chi connectivity index (χ0n) is 7.52. The van der Waals surface area contributed by atoms with Gasteiger partial charge in [0.2, 0.25) is 0 Å². The second kappa shape index (κ2) is 3.77. The van der Waals surface area contributed by atoms with Crippen molar-refractivity contribution in [1.82, 2.24) is 0 Å². The number of hydrogen-bond acceptors (Lipinski definition) is 2. The maximum absolute atomic E-state index is 8.98. The lowest BCUT2D eigenvalue weighted by molar-refractivity contribution is 0.426. The highest BCUT2D eigenvalue weighted by Crippen LogP contribution is 2.20. The molecule has 0 aromatic heterocycles. The number of fused-ring (bicyclic) bond motifs is 1. The van der Waals surface area contributed by atoms with Crippen LogP contribution < -0.4 is 5.46 Å². The molecule has 1 aromatic carbocycles. The molecule has 0 bridgehead atoms. The number of hydrogen-bond donors (Lipinski definition) is 2. The van der Waals surface area contributed by atoms with Crippen LogP contribution in [-0.2, 0) is 6.42 Å². The largest absolute Gasteiger partial charge is 0.488 e. The Morgan fingerprint density at radius 3 is 2.86 bits per heavy atom. The van der Waals surface area contributed by atoms with Crippen molar-refractivity contribution in [3.8, 4) is 0 Å². The van der Waals surface area contributed by atoms with E-state index in [4.69, 9.17) is 21.6 Å². The summed E-state index contributed by atoms with van der Waals surface area (Å²) in [6.07, 6.45) is 4.63. The zero-order valence-corrected chi connectivity index (χ0v) is 8.28. The van der Waals surface area contributed by atoms with Gasteiger partial charge in [0.25, 0.3) is 0 Å². The van der Waals surface area contributed by atoms with Crippen molar-refractivity contribution in [1.29, 1.82) is 0 Å².